The number of para-hydroxylation sites is 1. The molecule has 0 aliphatic heterocycles. The van der Waals surface area contributed by atoms with Crippen molar-refractivity contribution in [2.75, 3.05) is 12.5 Å². The fraction of sp³-hybridized carbons (Fsp3) is 0.444. The van der Waals surface area contributed by atoms with Gasteiger partial charge in [-0.05, 0) is 37.7 Å². The lowest BCUT2D eigenvalue weighted by atomic mass is 9.97. The summed E-state index contributed by atoms with van der Waals surface area (Å²) in [6, 6.07) is 8.51. The second-order valence-corrected chi connectivity index (χ2v) is 7.92. The minimum Gasteiger partial charge on any atom is -0.428 e. The van der Waals surface area contributed by atoms with Gasteiger partial charge < -0.3 is 14.2 Å². The van der Waals surface area contributed by atoms with E-state index >= 15 is 0 Å². The van der Waals surface area contributed by atoms with Crippen LogP contribution in [0.15, 0.2) is 30.3 Å². The van der Waals surface area contributed by atoms with Crippen LogP contribution in [0.2, 0.25) is 0 Å². The van der Waals surface area contributed by atoms with E-state index in [2.05, 4.69) is 17.4 Å². The van der Waals surface area contributed by atoms with Crippen molar-refractivity contribution in [3.05, 3.63) is 30.3 Å². The first-order chi connectivity index (χ1) is 12.7. The van der Waals surface area contributed by atoms with E-state index < -0.39 is 34.7 Å². The maximum atomic E-state index is 12.6. The Balaban J connectivity index is 2.60. The van der Waals surface area contributed by atoms with E-state index in [4.69, 9.17) is 9.47 Å². The van der Waals surface area contributed by atoms with Crippen LogP contribution in [0, 0.1) is 5.92 Å². The molecule has 0 saturated heterocycles. The molecule has 0 aromatic heterocycles. The molecule has 0 aliphatic carbocycles. The summed E-state index contributed by atoms with van der Waals surface area (Å²) in [6.45, 7) is 3.76. The molecule has 27 heavy (non-hydrogen) atoms. The Hall–Kier alpha value is -2.00. The van der Waals surface area contributed by atoms with Crippen LogP contribution in [0.4, 0.5) is 4.79 Å². The molecule has 0 aliphatic rings. The summed E-state index contributed by atoms with van der Waals surface area (Å²) in [5, 5.41) is -0.760. The predicted molar refractivity (Wildman–Crippen MR) is 104 cm³/mol. The number of esters is 2. The van der Waals surface area contributed by atoms with Gasteiger partial charge in [0.2, 0.25) is 6.79 Å². The van der Waals surface area contributed by atoms with Gasteiger partial charge in [0.05, 0.1) is 10.7 Å². The van der Waals surface area contributed by atoms with Crippen LogP contribution in [-0.2, 0) is 23.9 Å². The number of hydrogen-bond donors (Lipinski definition) is 1. The largest absolute Gasteiger partial charge is 0.428 e. The Morgan fingerprint density at radius 1 is 1.11 bits per heavy atom. The average Bonchev–Trinajstić information content (AvgIpc) is 2.59. The second kappa shape index (κ2) is 11.0. The number of ketones is 1. The maximum Gasteiger partial charge on any atom is 0.371 e. The zero-order chi connectivity index (χ0) is 20.4. The fourth-order valence-electron chi connectivity index (χ4n) is 1.84. The van der Waals surface area contributed by atoms with Gasteiger partial charge >= 0.3 is 17.2 Å². The van der Waals surface area contributed by atoms with E-state index in [0.717, 1.165) is 0 Å². The molecule has 1 aromatic carbocycles. The number of carbonyl (C=O) groups excluding carboxylic acids is 4. The molecule has 0 spiro atoms. The molecule has 148 valence electrons. The molecule has 0 bridgehead atoms. The monoisotopic (exact) mass is 414 g/mol. The summed E-state index contributed by atoms with van der Waals surface area (Å²) in [6.07, 6.45) is -0.133. The molecular weight excluding hydrogens is 392 g/mol. The van der Waals surface area contributed by atoms with Gasteiger partial charge in [-0.2, -0.15) is 12.6 Å². The number of Topliss-reactive ketones (excluding diaryl/α,β-unsaturated/α-hetero) is 1. The summed E-state index contributed by atoms with van der Waals surface area (Å²) >= 11 is 4.78. The van der Waals surface area contributed by atoms with Crippen molar-refractivity contribution in [2.45, 2.75) is 31.9 Å². The number of thiol groups is 1. The molecule has 0 heterocycles. The third kappa shape index (κ3) is 8.49. The SMILES string of the molecule is CC(=O)OCOC(=O)SC(C)(C)C(=O)C[C@@H](CS)C(=O)Oc1ccccc1. The first kappa shape index (κ1) is 23.0. The van der Waals surface area contributed by atoms with Gasteiger partial charge in [-0.1, -0.05) is 18.2 Å². The zero-order valence-electron chi connectivity index (χ0n) is 15.3. The first-order valence-corrected chi connectivity index (χ1v) is 9.50. The molecule has 0 saturated carbocycles. The van der Waals surface area contributed by atoms with E-state index in [1.54, 1.807) is 44.2 Å². The van der Waals surface area contributed by atoms with Gasteiger partial charge in [0.25, 0.3) is 0 Å². The van der Waals surface area contributed by atoms with E-state index in [1.807, 2.05) is 0 Å². The zero-order valence-corrected chi connectivity index (χ0v) is 17.0. The minimum atomic E-state index is -1.14. The Kier molecular flexibility index (Phi) is 9.37. The van der Waals surface area contributed by atoms with Gasteiger partial charge in [-0.3, -0.25) is 14.4 Å². The van der Waals surface area contributed by atoms with Gasteiger partial charge in [0, 0.05) is 19.1 Å². The van der Waals surface area contributed by atoms with E-state index in [-0.39, 0.29) is 18.0 Å². The van der Waals surface area contributed by atoms with Crippen LogP contribution in [0.25, 0.3) is 0 Å². The molecule has 0 radical (unpaired) electrons. The van der Waals surface area contributed by atoms with E-state index in [0.29, 0.717) is 17.5 Å². The second-order valence-electron chi connectivity index (χ2n) is 6.00. The third-order valence-electron chi connectivity index (χ3n) is 3.40. The summed E-state index contributed by atoms with van der Waals surface area (Å²) < 4.78 is 13.3. The third-order valence-corrected chi connectivity index (χ3v) is 4.86. The quantitative estimate of drug-likeness (QED) is 0.285. The Morgan fingerprint density at radius 2 is 1.74 bits per heavy atom. The summed E-state index contributed by atoms with van der Waals surface area (Å²) in [4.78, 5) is 47.2. The van der Waals surface area contributed by atoms with Gasteiger partial charge in [0.1, 0.15) is 11.5 Å². The highest BCUT2D eigenvalue weighted by molar-refractivity contribution is 8.15. The van der Waals surface area contributed by atoms with Gasteiger partial charge in [-0.15, -0.1) is 0 Å². The highest BCUT2D eigenvalue weighted by Gasteiger charge is 2.35. The van der Waals surface area contributed by atoms with Crippen molar-refractivity contribution in [2.24, 2.45) is 5.92 Å². The molecular formula is C18H22O7S2. The molecule has 0 N–H and O–H groups in total. The number of carbonyl (C=O) groups is 4. The van der Waals surface area contributed by atoms with Crippen molar-refractivity contribution in [1.29, 1.82) is 0 Å². The highest BCUT2D eigenvalue weighted by atomic mass is 32.2. The maximum absolute atomic E-state index is 12.6. The summed E-state index contributed by atoms with van der Waals surface area (Å²) in [5.74, 6) is -1.74. The van der Waals surface area contributed by atoms with Crippen molar-refractivity contribution in [1.82, 2.24) is 0 Å². The lowest BCUT2D eigenvalue weighted by Gasteiger charge is -2.23. The lowest BCUT2D eigenvalue weighted by molar-refractivity contribution is -0.148. The van der Waals surface area contributed by atoms with E-state index in [9.17, 15) is 19.2 Å². The number of rotatable bonds is 9. The van der Waals surface area contributed by atoms with Crippen LogP contribution in [0.5, 0.6) is 5.75 Å². The highest BCUT2D eigenvalue weighted by Crippen LogP contribution is 2.30. The van der Waals surface area contributed by atoms with E-state index in [1.165, 1.54) is 6.92 Å². The standard InChI is InChI=1S/C18H22O7S2/c1-12(19)23-11-24-17(22)27-18(2,3)15(20)9-13(10-26)16(21)25-14-7-5-4-6-8-14/h4-8,13,26H,9-11H2,1-3H3/t13-/m0/s1. The van der Waals surface area contributed by atoms with Crippen LogP contribution < -0.4 is 4.74 Å². The van der Waals surface area contributed by atoms with Crippen LogP contribution in [-0.4, -0.2) is 40.3 Å². The number of hydrogen-bond acceptors (Lipinski definition) is 9. The number of benzene rings is 1. The van der Waals surface area contributed by atoms with Crippen molar-refractivity contribution in [3.8, 4) is 5.75 Å². The minimum absolute atomic E-state index is 0.120. The molecule has 0 amide bonds. The average molecular weight is 415 g/mol. The topological polar surface area (TPSA) is 96.0 Å². The van der Waals surface area contributed by atoms with Gasteiger partial charge in [0.15, 0.2) is 0 Å². The molecule has 1 aromatic rings. The molecule has 7 nitrogen and oxygen atoms in total. The summed E-state index contributed by atoms with van der Waals surface area (Å²) in [7, 11) is 0. The van der Waals surface area contributed by atoms with Crippen molar-refractivity contribution >= 4 is 47.4 Å². The molecule has 1 rings (SSSR count). The smallest absolute Gasteiger partial charge is 0.371 e. The number of thioether (sulfide) groups is 1. The van der Waals surface area contributed by atoms with Gasteiger partial charge in [-0.25, -0.2) is 4.79 Å². The predicted octanol–water partition coefficient (Wildman–Crippen LogP) is 3.27. The van der Waals surface area contributed by atoms with Crippen molar-refractivity contribution < 1.29 is 33.4 Å². The molecule has 0 unspecified atom stereocenters. The normalized spacial score (nSPS) is 12.0. The van der Waals surface area contributed by atoms with Crippen LogP contribution in [0.1, 0.15) is 27.2 Å². The molecule has 0 fully saturated rings. The molecule has 1 atom stereocenters. The van der Waals surface area contributed by atoms with Crippen LogP contribution in [0.3, 0.4) is 0 Å². The Morgan fingerprint density at radius 3 is 2.30 bits per heavy atom. The number of ether oxygens (including phenoxy) is 3. The first-order valence-electron chi connectivity index (χ1n) is 8.05. The van der Waals surface area contributed by atoms with Crippen LogP contribution >= 0.6 is 24.4 Å². The summed E-state index contributed by atoms with van der Waals surface area (Å²) in [5.41, 5.74) is 0. The Bertz CT molecular complexity index is 674. The Labute approximate surface area is 167 Å². The molecule has 9 heteroatoms. The lowest BCUT2D eigenvalue weighted by Crippen LogP contribution is -2.34. The van der Waals surface area contributed by atoms with Crippen molar-refractivity contribution in [3.63, 3.8) is 0 Å². The fourth-order valence-corrected chi connectivity index (χ4v) is 2.83.